The molecule has 1 amide bonds. The molecule has 0 bridgehead atoms. The molecule has 2 aromatic heterocycles. The quantitative estimate of drug-likeness (QED) is 0.0292. The molecule has 5 rings (SSSR count). The number of benzene rings is 1. The van der Waals surface area contributed by atoms with Gasteiger partial charge in [0.05, 0.1) is 34.8 Å². The third kappa shape index (κ3) is 13.7. The zero-order valence-electron chi connectivity index (χ0n) is 35.6. The molecule has 0 spiro atoms. The number of halogens is 2. The maximum Gasteiger partial charge on any atom is 0.737 e. The molecule has 12 nitrogen and oxygen atoms in total. The highest BCUT2D eigenvalue weighted by molar-refractivity contribution is 8.76. The van der Waals surface area contributed by atoms with Crippen LogP contribution in [0.15, 0.2) is 77.1 Å². The number of quaternary nitrogens is 1. The van der Waals surface area contributed by atoms with E-state index in [0.29, 0.717) is 72.5 Å². The lowest BCUT2D eigenvalue weighted by atomic mass is 9.88. The van der Waals surface area contributed by atoms with Crippen molar-refractivity contribution < 1.29 is 49.7 Å². The molecule has 0 aliphatic carbocycles. The first kappa shape index (κ1) is 47.9. The molecule has 0 saturated carbocycles. The number of aryl methyl sites for hydroxylation is 2. The van der Waals surface area contributed by atoms with Crippen molar-refractivity contribution in [2.45, 2.75) is 88.6 Å². The van der Waals surface area contributed by atoms with Crippen molar-refractivity contribution >= 4 is 67.9 Å². The molecular weight excluding hydrogens is 844 g/mol. The monoisotopic (exact) mass is 900 g/mol. The van der Waals surface area contributed by atoms with Crippen LogP contribution in [-0.2, 0) is 30.9 Å². The van der Waals surface area contributed by atoms with Crippen molar-refractivity contribution in [1.82, 2.24) is 14.8 Å². The van der Waals surface area contributed by atoms with Gasteiger partial charge in [0.25, 0.3) is 10.1 Å². The number of allylic oxidation sites excluding steroid dienone is 2. The van der Waals surface area contributed by atoms with Gasteiger partial charge in [0.2, 0.25) is 5.91 Å². The summed E-state index contributed by atoms with van der Waals surface area (Å²) in [5.41, 5.74) is 3.39. The highest BCUT2D eigenvalue weighted by Crippen LogP contribution is 2.40. The summed E-state index contributed by atoms with van der Waals surface area (Å²) in [6.07, 6.45) is 9.29. The van der Waals surface area contributed by atoms with Crippen molar-refractivity contribution in [2.24, 2.45) is 0 Å². The van der Waals surface area contributed by atoms with Crippen molar-refractivity contribution in [1.29, 1.82) is 0 Å². The van der Waals surface area contributed by atoms with Crippen LogP contribution in [0.1, 0.15) is 86.7 Å². The Balaban J connectivity index is 1.19. The van der Waals surface area contributed by atoms with E-state index in [1.807, 2.05) is 24.3 Å². The molecule has 4 heterocycles. The van der Waals surface area contributed by atoms with Crippen molar-refractivity contribution in [2.75, 3.05) is 46.3 Å². The number of aromatic nitrogens is 2. The fourth-order valence-electron chi connectivity index (χ4n) is 7.60. The number of ether oxygens (including phenoxy) is 1. The summed E-state index contributed by atoms with van der Waals surface area (Å²) in [6, 6.07) is 12.8. The van der Waals surface area contributed by atoms with Crippen LogP contribution in [0.4, 0.5) is 8.63 Å². The van der Waals surface area contributed by atoms with Gasteiger partial charge in [0.1, 0.15) is 28.4 Å². The molecular formula is C43H57BF2N5O7S3+. The second kappa shape index (κ2) is 21.3. The van der Waals surface area contributed by atoms with Crippen LogP contribution < -0.4 is 10.1 Å². The van der Waals surface area contributed by atoms with Crippen LogP contribution in [0, 0.1) is 6.92 Å². The number of rotatable bonds is 25. The Morgan fingerprint density at radius 3 is 2.36 bits per heavy atom. The number of carbonyl (C=O) groups is 3. The van der Waals surface area contributed by atoms with Gasteiger partial charge in [0.15, 0.2) is 17.2 Å². The molecule has 0 radical (unpaired) electrons. The van der Waals surface area contributed by atoms with Crippen molar-refractivity contribution in [3.8, 4) is 5.75 Å². The van der Waals surface area contributed by atoms with Gasteiger partial charge in [-0.2, -0.15) is 8.42 Å². The number of carbonyl (C=O) groups excluding carboxylic acids is 3. The van der Waals surface area contributed by atoms with Gasteiger partial charge in [-0.25, -0.2) is 4.98 Å². The fraction of sp³-hybridized carbons (Fsp3) is 0.465. The fourth-order valence-corrected chi connectivity index (χ4v) is 10.3. The Hall–Kier alpha value is -4.10. The van der Waals surface area contributed by atoms with Gasteiger partial charge in [-0.1, -0.05) is 23.3 Å². The second-order valence-corrected chi connectivity index (χ2v) is 20.5. The van der Waals surface area contributed by atoms with Gasteiger partial charge < -0.3 is 32.1 Å². The number of nitrogens with one attached hydrogen (secondary N) is 1. The number of hydrogen-bond acceptors (Lipinski definition) is 9. The number of ketones is 2. The van der Waals surface area contributed by atoms with Crippen molar-refractivity contribution in [3.63, 3.8) is 0 Å². The summed E-state index contributed by atoms with van der Waals surface area (Å²) >= 11 is 0. The number of fused-ring (bicyclic) bond motifs is 2. The van der Waals surface area contributed by atoms with Crippen LogP contribution >= 0.6 is 21.6 Å². The summed E-state index contributed by atoms with van der Waals surface area (Å²) in [7, 11) is 6.37. The normalized spacial score (nSPS) is 15.1. The molecule has 3 aromatic rings. The number of pyridine rings is 1. The summed E-state index contributed by atoms with van der Waals surface area (Å²) in [4.78, 5) is 43.0. The molecule has 61 heavy (non-hydrogen) atoms. The first-order chi connectivity index (χ1) is 28.9. The van der Waals surface area contributed by atoms with E-state index in [1.54, 1.807) is 78.2 Å². The standard InChI is InChI=1S/C43H56BF2N5O7S3/c1-31-27-34(49-38(31)29-40-33(13-11-25-51(2,3)4)28-39(50(40)44(49,45)46)32-18-21-36(58-5)22-19-32)20-23-42(54)48-37(30-61(55,56)57)41(53)16-8-6-7-14-35(52)15-12-26-59-60-43-17-9-10-24-47-43/h9-10,17-19,21-22,24,27-29,37H,6-8,11-16,20,23,25-26,30H2,1-5H3,(H-,48,54,55,56,57)/p+1. The Labute approximate surface area is 366 Å². The molecule has 18 heteroatoms. The predicted molar refractivity (Wildman–Crippen MR) is 240 cm³/mol. The maximum atomic E-state index is 17.1. The number of hydrogen-bond donors (Lipinski definition) is 2. The number of unbranched alkanes of at least 4 members (excludes halogenated alkanes) is 2. The summed E-state index contributed by atoms with van der Waals surface area (Å²) in [5.74, 6) is -0.769. The smallest absolute Gasteiger partial charge is 0.497 e. The maximum absolute atomic E-state index is 17.1. The highest BCUT2D eigenvalue weighted by atomic mass is 33.1. The first-order valence-corrected chi connectivity index (χ1v) is 24.6. The zero-order chi connectivity index (χ0) is 44.4. The predicted octanol–water partition coefficient (Wildman–Crippen LogP) is 7.32. The minimum absolute atomic E-state index is 0.0704. The first-order valence-electron chi connectivity index (χ1n) is 20.6. The van der Waals surface area contributed by atoms with Gasteiger partial charge >= 0.3 is 6.97 Å². The average molecular weight is 901 g/mol. The lowest BCUT2D eigenvalue weighted by Crippen LogP contribution is -2.51. The molecule has 2 aliphatic heterocycles. The van der Waals surface area contributed by atoms with E-state index in [4.69, 9.17) is 4.74 Å². The van der Waals surface area contributed by atoms with E-state index in [0.717, 1.165) is 49.2 Å². The van der Waals surface area contributed by atoms with Crippen LogP contribution in [0.5, 0.6) is 5.75 Å². The van der Waals surface area contributed by atoms with Crippen LogP contribution in [0.2, 0.25) is 0 Å². The molecule has 0 fully saturated rings. The van der Waals surface area contributed by atoms with E-state index >= 15 is 8.63 Å². The molecule has 2 aliphatic rings. The van der Waals surface area contributed by atoms with Gasteiger partial charge in [-0.15, -0.1) is 0 Å². The molecule has 0 saturated heterocycles. The lowest BCUT2D eigenvalue weighted by molar-refractivity contribution is -0.870. The Morgan fingerprint density at radius 2 is 1.69 bits per heavy atom. The van der Waals surface area contributed by atoms with E-state index in [9.17, 15) is 27.4 Å². The molecule has 1 aromatic carbocycles. The van der Waals surface area contributed by atoms with E-state index < -0.39 is 40.6 Å². The molecule has 2 N–H and O–H groups in total. The van der Waals surface area contributed by atoms with Crippen molar-refractivity contribution in [3.05, 3.63) is 94.6 Å². The van der Waals surface area contributed by atoms with Gasteiger partial charge in [-0.3, -0.25) is 18.9 Å². The van der Waals surface area contributed by atoms with Crippen LogP contribution in [0.25, 0.3) is 6.08 Å². The number of methoxy groups -OCH3 is 1. The summed E-state index contributed by atoms with van der Waals surface area (Å²) in [6.45, 7) is -1.84. The number of Topliss-reactive ketones (excluding diaryl/α,β-unsaturated/α-hetero) is 2. The summed E-state index contributed by atoms with van der Waals surface area (Å²) in [5, 5.41) is 3.35. The van der Waals surface area contributed by atoms with E-state index in [-0.39, 0.29) is 30.7 Å². The Kier molecular flexibility index (Phi) is 16.8. The van der Waals surface area contributed by atoms with Gasteiger partial charge in [-0.05, 0) is 104 Å². The molecule has 1 unspecified atom stereocenters. The average Bonchev–Trinajstić information content (AvgIpc) is 3.73. The third-order valence-electron chi connectivity index (χ3n) is 10.6. The summed E-state index contributed by atoms with van der Waals surface area (Å²) < 4.78 is 75.8. The third-order valence-corrected chi connectivity index (χ3v) is 13.7. The SMILES string of the molecule is COc1ccc(C2=[N+]3C(=Cc4c(C)cc(CCC(=O)NC(CS(=O)(=O)O)C(=O)CCCCCC(=O)CCCSSc5ccccn5)n4[B-]3(F)F)C(CCC[N+](C)(C)C)=C2)cc1. The topological polar surface area (TPSA) is 148 Å². The van der Waals surface area contributed by atoms with E-state index in [1.165, 1.54) is 0 Å². The Bertz CT molecular complexity index is 2260. The Morgan fingerprint density at radius 1 is 0.967 bits per heavy atom. The van der Waals surface area contributed by atoms with E-state index in [2.05, 4.69) is 31.4 Å². The highest BCUT2D eigenvalue weighted by Gasteiger charge is 2.54. The molecule has 1 atom stereocenters. The van der Waals surface area contributed by atoms with Gasteiger partial charge in [0, 0.05) is 73.0 Å². The molecule has 330 valence electrons. The zero-order valence-corrected chi connectivity index (χ0v) is 38.0. The van der Waals surface area contributed by atoms with Crippen LogP contribution in [0.3, 0.4) is 0 Å². The lowest BCUT2D eigenvalue weighted by Gasteiger charge is -2.32. The number of amides is 1. The minimum Gasteiger partial charge on any atom is -0.497 e. The second-order valence-electron chi connectivity index (χ2n) is 16.6. The minimum atomic E-state index is -4.65. The largest absolute Gasteiger partial charge is 0.737 e. The van der Waals surface area contributed by atoms with Crippen LogP contribution in [-0.4, -0.2) is 114 Å². The number of nitrogens with zero attached hydrogens (tertiary/aromatic N) is 4.